The summed E-state index contributed by atoms with van der Waals surface area (Å²) in [6.07, 6.45) is 0.292. The monoisotopic (exact) mass is 256 g/mol. The molecule has 0 heterocycles. The Hall–Kier alpha value is -1.42. The molecular formula is C12H17ClN2O2. The van der Waals surface area contributed by atoms with Gasteiger partial charge >= 0.3 is 0 Å². The molecule has 1 atom stereocenters. The van der Waals surface area contributed by atoms with Crippen LogP contribution in [0.2, 0.25) is 5.02 Å². The summed E-state index contributed by atoms with van der Waals surface area (Å²) >= 11 is 5.83. The van der Waals surface area contributed by atoms with Crippen LogP contribution >= 0.6 is 11.6 Å². The van der Waals surface area contributed by atoms with Gasteiger partial charge in [0.25, 0.3) is 5.91 Å². The van der Waals surface area contributed by atoms with Crippen LogP contribution in [-0.2, 0) is 4.79 Å². The average Bonchev–Trinajstić information content (AvgIpc) is 2.30. The third-order valence-electron chi connectivity index (χ3n) is 2.20. The predicted octanol–water partition coefficient (Wildman–Crippen LogP) is 2.22. The first-order valence-corrected chi connectivity index (χ1v) is 5.91. The summed E-state index contributed by atoms with van der Waals surface area (Å²) in [5.41, 5.74) is 6.19. The Morgan fingerprint density at radius 2 is 2.29 bits per heavy atom. The van der Waals surface area contributed by atoms with Crippen LogP contribution in [0.1, 0.15) is 20.3 Å². The largest absolute Gasteiger partial charge is 0.479 e. The number of nitrogens with two attached hydrogens (primary N) is 1. The second-order valence-corrected chi connectivity index (χ2v) is 4.17. The van der Waals surface area contributed by atoms with Crippen LogP contribution in [0.5, 0.6) is 5.75 Å². The van der Waals surface area contributed by atoms with E-state index in [2.05, 4.69) is 5.32 Å². The number of nitrogen functional groups attached to an aromatic ring is 1. The van der Waals surface area contributed by atoms with E-state index in [0.717, 1.165) is 6.42 Å². The summed E-state index contributed by atoms with van der Waals surface area (Å²) in [7, 11) is 0. The smallest absolute Gasteiger partial charge is 0.260 e. The van der Waals surface area contributed by atoms with Gasteiger partial charge < -0.3 is 15.8 Å². The van der Waals surface area contributed by atoms with Crippen LogP contribution in [0, 0.1) is 0 Å². The van der Waals surface area contributed by atoms with E-state index in [1.165, 1.54) is 0 Å². The lowest BCUT2D eigenvalue weighted by Gasteiger charge is -2.15. The lowest BCUT2D eigenvalue weighted by molar-refractivity contribution is -0.127. The number of rotatable bonds is 5. The number of halogens is 1. The number of hydrogen-bond donors (Lipinski definition) is 2. The van der Waals surface area contributed by atoms with Crippen LogP contribution in [0.4, 0.5) is 5.69 Å². The zero-order chi connectivity index (χ0) is 12.8. The van der Waals surface area contributed by atoms with Crippen LogP contribution in [-0.4, -0.2) is 18.6 Å². The van der Waals surface area contributed by atoms with Crippen molar-refractivity contribution in [1.29, 1.82) is 0 Å². The molecule has 1 aromatic carbocycles. The summed E-state index contributed by atoms with van der Waals surface area (Å²) < 4.78 is 5.46. The lowest BCUT2D eigenvalue weighted by atomic mass is 10.3. The molecule has 0 bridgehead atoms. The molecule has 0 spiro atoms. The van der Waals surface area contributed by atoms with Gasteiger partial charge in [0.05, 0.1) is 5.69 Å². The minimum atomic E-state index is -0.595. The molecule has 1 amide bonds. The first kappa shape index (κ1) is 13.6. The maximum absolute atomic E-state index is 11.6. The number of nitrogens with one attached hydrogen (secondary N) is 1. The van der Waals surface area contributed by atoms with E-state index in [0.29, 0.717) is 23.0 Å². The molecule has 0 radical (unpaired) electrons. The maximum Gasteiger partial charge on any atom is 0.260 e. The van der Waals surface area contributed by atoms with Crippen molar-refractivity contribution in [2.75, 3.05) is 12.3 Å². The fourth-order valence-electron chi connectivity index (χ4n) is 1.25. The first-order chi connectivity index (χ1) is 8.04. The number of carbonyl (C=O) groups is 1. The van der Waals surface area contributed by atoms with Crippen molar-refractivity contribution >= 4 is 23.2 Å². The summed E-state index contributed by atoms with van der Waals surface area (Å²) in [5, 5.41) is 3.27. The van der Waals surface area contributed by atoms with E-state index in [4.69, 9.17) is 22.1 Å². The summed E-state index contributed by atoms with van der Waals surface area (Å²) in [5.74, 6) is 0.267. The van der Waals surface area contributed by atoms with E-state index in [1.807, 2.05) is 6.92 Å². The molecule has 3 N–H and O–H groups in total. The number of ether oxygens (including phenoxy) is 1. The molecular weight excluding hydrogens is 240 g/mol. The van der Waals surface area contributed by atoms with E-state index < -0.39 is 6.10 Å². The Morgan fingerprint density at radius 3 is 2.94 bits per heavy atom. The zero-order valence-electron chi connectivity index (χ0n) is 10.00. The fraction of sp³-hybridized carbons (Fsp3) is 0.417. The molecule has 4 nitrogen and oxygen atoms in total. The third-order valence-corrected chi connectivity index (χ3v) is 2.43. The molecule has 5 heteroatoms. The average molecular weight is 257 g/mol. The molecule has 0 saturated heterocycles. The third kappa shape index (κ3) is 4.15. The van der Waals surface area contributed by atoms with Gasteiger partial charge in [-0.1, -0.05) is 18.5 Å². The second kappa shape index (κ2) is 6.35. The van der Waals surface area contributed by atoms with Crippen molar-refractivity contribution in [3.05, 3.63) is 23.2 Å². The standard InChI is InChI=1S/C12H17ClN2O2/c1-3-6-15-12(16)8(2)17-11-7-9(13)4-5-10(11)14/h4-5,7-8H,3,6,14H2,1-2H3,(H,15,16). The van der Waals surface area contributed by atoms with Gasteiger partial charge in [0.15, 0.2) is 6.10 Å². The minimum Gasteiger partial charge on any atom is -0.479 e. The lowest BCUT2D eigenvalue weighted by Crippen LogP contribution is -2.36. The van der Waals surface area contributed by atoms with Crippen molar-refractivity contribution in [2.45, 2.75) is 26.4 Å². The minimum absolute atomic E-state index is 0.161. The van der Waals surface area contributed by atoms with Crippen molar-refractivity contribution in [2.24, 2.45) is 0 Å². The molecule has 1 unspecified atom stereocenters. The summed E-state index contributed by atoms with van der Waals surface area (Å²) in [6, 6.07) is 4.92. The molecule has 1 aromatic rings. The van der Waals surface area contributed by atoms with Crippen molar-refractivity contribution in [1.82, 2.24) is 5.32 Å². The fourth-order valence-corrected chi connectivity index (χ4v) is 1.41. The normalized spacial score (nSPS) is 11.9. The highest BCUT2D eigenvalue weighted by Crippen LogP contribution is 2.26. The molecule has 0 saturated carbocycles. The Labute approximate surface area is 106 Å². The molecule has 0 aliphatic rings. The van der Waals surface area contributed by atoms with Crippen molar-refractivity contribution in [3.63, 3.8) is 0 Å². The molecule has 17 heavy (non-hydrogen) atoms. The number of amides is 1. The highest BCUT2D eigenvalue weighted by atomic mass is 35.5. The highest BCUT2D eigenvalue weighted by Gasteiger charge is 2.15. The van der Waals surface area contributed by atoms with Gasteiger partial charge in [-0.15, -0.1) is 0 Å². The Balaban J connectivity index is 2.64. The maximum atomic E-state index is 11.6. The molecule has 0 aliphatic heterocycles. The van der Waals surface area contributed by atoms with Gasteiger partial charge in [-0.2, -0.15) is 0 Å². The SMILES string of the molecule is CCCNC(=O)C(C)Oc1cc(Cl)ccc1N. The van der Waals surface area contributed by atoms with Gasteiger partial charge in [-0.05, 0) is 25.5 Å². The number of benzene rings is 1. The molecule has 0 fully saturated rings. The van der Waals surface area contributed by atoms with Gasteiger partial charge in [0, 0.05) is 17.6 Å². The Morgan fingerprint density at radius 1 is 1.59 bits per heavy atom. The Kier molecular flexibility index (Phi) is 5.10. The second-order valence-electron chi connectivity index (χ2n) is 3.73. The molecule has 0 aromatic heterocycles. The van der Waals surface area contributed by atoms with Gasteiger partial charge in [0.1, 0.15) is 5.75 Å². The van der Waals surface area contributed by atoms with E-state index in [-0.39, 0.29) is 5.91 Å². The van der Waals surface area contributed by atoms with E-state index >= 15 is 0 Å². The topological polar surface area (TPSA) is 64.3 Å². The summed E-state index contributed by atoms with van der Waals surface area (Å²) in [4.78, 5) is 11.6. The van der Waals surface area contributed by atoms with Crippen LogP contribution in [0.25, 0.3) is 0 Å². The number of carbonyl (C=O) groups excluding carboxylic acids is 1. The molecule has 1 rings (SSSR count). The van der Waals surface area contributed by atoms with Crippen molar-refractivity contribution < 1.29 is 9.53 Å². The van der Waals surface area contributed by atoms with Gasteiger partial charge in [0.2, 0.25) is 0 Å². The Bertz CT molecular complexity index is 396. The highest BCUT2D eigenvalue weighted by molar-refractivity contribution is 6.30. The summed E-state index contributed by atoms with van der Waals surface area (Å²) in [6.45, 7) is 4.30. The van der Waals surface area contributed by atoms with Crippen LogP contribution in [0.3, 0.4) is 0 Å². The molecule has 0 aliphatic carbocycles. The van der Waals surface area contributed by atoms with Crippen LogP contribution < -0.4 is 15.8 Å². The predicted molar refractivity (Wildman–Crippen MR) is 69.3 cm³/mol. The van der Waals surface area contributed by atoms with E-state index in [1.54, 1.807) is 25.1 Å². The molecule has 94 valence electrons. The van der Waals surface area contributed by atoms with Crippen molar-refractivity contribution in [3.8, 4) is 5.75 Å². The number of hydrogen-bond acceptors (Lipinski definition) is 3. The zero-order valence-corrected chi connectivity index (χ0v) is 10.8. The van der Waals surface area contributed by atoms with Gasteiger partial charge in [-0.25, -0.2) is 0 Å². The van der Waals surface area contributed by atoms with Crippen LogP contribution in [0.15, 0.2) is 18.2 Å². The first-order valence-electron chi connectivity index (χ1n) is 5.54. The van der Waals surface area contributed by atoms with Gasteiger partial charge in [-0.3, -0.25) is 4.79 Å². The van der Waals surface area contributed by atoms with E-state index in [9.17, 15) is 4.79 Å². The quantitative estimate of drug-likeness (QED) is 0.794. The number of anilines is 1.